The zero-order valence-electron chi connectivity index (χ0n) is 16.3. The van der Waals surface area contributed by atoms with E-state index in [0.29, 0.717) is 29.2 Å². The Kier molecular flexibility index (Phi) is 4.35. The first-order valence-corrected chi connectivity index (χ1v) is 9.11. The summed E-state index contributed by atoms with van der Waals surface area (Å²) in [5.41, 5.74) is 0.860. The molecule has 2 heteroatoms. The number of piperidine rings is 1. The summed E-state index contributed by atoms with van der Waals surface area (Å²) in [6, 6.07) is 1.09. The van der Waals surface area contributed by atoms with Gasteiger partial charge in [0, 0.05) is 12.1 Å². The predicted molar refractivity (Wildman–Crippen MR) is 93.9 cm³/mol. The van der Waals surface area contributed by atoms with Gasteiger partial charge in [0.15, 0.2) is 0 Å². The molecule has 1 saturated carbocycles. The third kappa shape index (κ3) is 2.56. The second kappa shape index (κ2) is 5.33. The van der Waals surface area contributed by atoms with E-state index in [1.165, 1.54) is 12.8 Å². The van der Waals surface area contributed by atoms with Crippen LogP contribution in [-0.4, -0.2) is 28.8 Å². The summed E-state index contributed by atoms with van der Waals surface area (Å²) in [6.07, 6.45) is 3.48. The van der Waals surface area contributed by atoms with Crippen molar-refractivity contribution >= 4 is 5.78 Å². The summed E-state index contributed by atoms with van der Waals surface area (Å²) < 4.78 is 0. The minimum absolute atomic E-state index is 0.105. The van der Waals surface area contributed by atoms with E-state index < -0.39 is 0 Å². The number of fused-ring (bicyclic) bond motifs is 1. The van der Waals surface area contributed by atoms with E-state index in [9.17, 15) is 4.79 Å². The van der Waals surface area contributed by atoms with E-state index in [1.807, 2.05) is 0 Å². The molecule has 0 bridgehead atoms. The Morgan fingerprint density at radius 1 is 1.09 bits per heavy atom. The SMILES string of the molecule is CC(=O)[C@@H]1CC(C)(C)C2C(CCC(C)(C)C2(C)C)N1C(C)C. The van der Waals surface area contributed by atoms with Crippen molar-refractivity contribution in [3.63, 3.8) is 0 Å². The van der Waals surface area contributed by atoms with Crippen molar-refractivity contribution in [1.82, 2.24) is 4.90 Å². The molecular formula is C20H37NO. The zero-order valence-corrected chi connectivity index (χ0v) is 16.3. The van der Waals surface area contributed by atoms with Crippen LogP contribution in [0.3, 0.4) is 0 Å². The van der Waals surface area contributed by atoms with Gasteiger partial charge in [0.2, 0.25) is 0 Å². The highest BCUT2D eigenvalue weighted by molar-refractivity contribution is 5.81. The van der Waals surface area contributed by atoms with Crippen molar-refractivity contribution < 1.29 is 4.79 Å². The van der Waals surface area contributed by atoms with Crippen LogP contribution in [0.15, 0.2) is 0 Å². The molecule has 0 aromatic carbocycles. The molecular weight excluding hydrogens is 270 g/mol. The van der Waals surface area contributed by atoms with Crippen molar-refractivity contribution in [2.24, 2.45) is 22.2 Å². The molecule has 0 amide bonds. The normalized spacial score (nSPS) is 36.9. The number of ketones is 1. The van der Waals surface area contributed by atoms with Crippen LogP contribution < -0.4 is 0 Å². The first-order chi connectivity index (χ1) is 9.83. The molecule has 0 aromatic heterocycles. The Hall–Kier alpha value is -0.370. The molecule has 2 fully saturated rings. The average Bonchev–Trinajstić information content (AvgIpc) is 2.31. The average molecular weight is 308 g/mol. The molecule has 0 spiro atoms. The largest absolute Gasteiger partial charge is 0.298 e. The molecule has 1 aliphatic carbocycles. The second-order valence-electron chi connectivity index (χ2n) is 10.0. The minimum Gasteiger partial charge on any atom is -0.298 e. The van der Waals surface area contributed by atoms with Gasteiger partial charge in [0.05, 0.1) is 6.04 Å². The van der Waals surface area contributed by atoms with Gasteiger partial charge in [-0.2, -0.15) is 0 Å². The number of rotatable bonds is 2. The van der Waals surface area contributed by atoms with Crippen molar-refractivity contribution in [3.05, 3.63) is 0 Å². The third-order valence-corrected chi connectivity index (χ3v) is 7.34. The number of hydrogen-bond acceptors (Lipinski definition) is 2. The Labute approximate surface area is 138 Å². The lowest BCUT2D eigenvalue weighted by atomic mass is 9.45. The Balaban J connectivity index is 2.52. The van der Waals surface area contributed by atoms with Crippen molar-refractivity contribution in [2.75, 3.05) is 0 Å². The second-order valence-corrected chi connectivity index (χ2v) is 10.0. The van der Waals surface area contributed by atoms with Crippen LogP contribution in [0.25, 0.3) is 0 Å². The maximum Gasteiger partial charge on any atom is 0.146 e. The van der Waals surface area contributed by atoms with Crippen molar-refractivity contribution in [3.8, 4) is 0 Å². The lowest BCUT2D eigenvalue weighted by Gasteiger charge is -2.66. The minimum atomic E-state index is 0.105. The number of hydrogen-bond donors (Lipinski definition) is 0. The quantitative estimate of drug-likeness (QED) is 0.722. The summed E-state index contributed by atoms with van der Waals surface area (Å²) in [4.78, 5) is 14.9. The number of Topliss-reactive ketones (excluding diaryl/α,β-unsaturated/α-hetero) is 1. The fourth-order valence-electron chi connectivity index (χ4n) is 5.78. The van der Waals surface area contributed by atoms with E-state index in [1.54, 1.807) is 6.92 Å². The Bertz CT molecular complexity index is 447. The van der Waals surface area contributed by atoms with Crippen LogP contribution in [0, 0.1) is 22.2 Å². The number of carbonyl (C=O) groups is 1. The fourth-order valence-corrected chi connectivity index (χ4v) is 5.78. The predicted octanol–water partition coefficient (Wildman–Crippen LogP) is 4.92. The van der Waals surface area contributed by atoms with Crippen LogP contribution in [0.4, 0.5) is 0 Å². The smallest absolute Gasteiger partial charge is 0.146 e. The van der Waals surface area contributed by atoms with E-state index in [0.717, 1.165) is 6.42 Å². The van der Waals surface area contributed by atoms with Crippen LogP contribution in [0.5, 0.6) is 0 Å². The van der Waals surface area contributed by atoms with Crippen molar-refractivity contribution in [2.45, 2.75) is 99.7 Å². The summed E-state index contributed by atoms with van der Waals surface area (Å²) in [5.74, 6) is 0.990. The van der Waals surface area contributed by atoms with Gasteiger partial charge in [0.1, 0.15) is 5.78 Å². The van der Waals surface area contributed by atoms with E-state index in [-0.39, 0.29) is 16.9 Å². The summed E-state index contributed by atoms with van der Waals surface area (Å²) in [5, 5.41) is 0. The first kappa shape index (κ1) is 18.0. The van der Waals surface area contributed by atoms with Gasteiger partial charge in [0.25, 0.3) is 0 Å². The monoisotopic (exact) mass is 307 g/mol. The number of nitrogens with zero attached hydrogens (tertiary/aromatic N) is 1. The molecule has 0 N–H and O–H groups in total. The van der Waals surface area contributed by atoms with Gasteiger partial charge in [-0.3, -0.25) is 9.69 Å². The fraction of sp³-hybridized carbons (Fsp3) is 0.950. The number of carbonyl (C=O) groups excluding carboxylic acids is 1. The van der Waals surface area contributed by atoms with E-state index in [2.05, 4.69) is 60.3 Å². The highest BCUT2D eigenvalue weighted by Gasteiger charge is 2.60. The Morgan fingerprint density at radius 3 is 2.09 bits per heavy atom. The molecule has 1 aliphatic heterocycles. The van der Waals surface area contributed by atoms with Crippen molar-refractivity contribution in [1.29, 1.82) is 0 Å². The molecule has 22 heavy (non-hydrogen) atoms. The molecule has 2 nitrogen and oxygen atoms in total. The molecule has 3 atom stereocenters. The van der Waals surface area contributed by atoms with Crippen LogP contribution in [0.2, 0.25) is 0 Å². The Morgan fingerprint density at radius 2 is 1.64 bits per heavy atom. The molecule has 0 radical (unpaired) electrons. The van der Waals surface area contributed by atoms with Gasteiger partial charge >= 0.3 is 0 Å². The van der Waals surface area contributed by atoms with Gasteiger partial charge < -0.3 is 0 Å². The van der Waals surface area contributed by atoms with Crippen LogP contribution >= 0.6 is 0 Å². The molecule has 1 saturated heterocycles. The standard InChI is InChI=1S/C20H37NO/c1-13(2)21-15-10-11-19(6,7)20(8,9)17(15)18(4,5)12-16(21)14(3)22/h13,15-17H,10-12H2,1-9H3/t15?,16-,17?/m0/s1. The molecule has 1 heterocycles. The van der Waals surface area contributed by atoms with Gasteiger partial charge in [-0.1, -0.05) is 41.5 Å². The highest BCUT2D eigenvalue weighted by atomic mass is 16.1. The third-order valence-electron chi connectivity index (χ3n) is 7.34. The van der Waals surface area contributed by atoms with Gasteiger partial charge in [-0.25, -0.2) is 0 Å². The lowest BCUT2D eigenvalue weighted by molar-refractivity contribution is -0.173. The molecule has 0 aromatic rings. The molecule has 2 rings (SSSR count). The van der Waals surface area contributed by atoms with Crippen LogP contribution in [0.1, 0.15) is 81.6 Å². The maximum absolute atomic E-state index is 12.3. The highest BCUT2D eigenvalue weighted by Crippen LogP contribution is 2.62. The topological polar surface area (TPSA) is 20.3 Å². The zero-order chi connectivity index (χ0) is 17.1. The molecule has 2 aliphatic rings. The number of likely N-dealkylation sites (tertiary alicyclic amines) is 1. The first-order valence-electron chi connectivity index (χ1n) is 9.11. The van der Waals surface area contributed by atoms with E-state index >= 15 is 0 Å². The molecule has 2 unspecified atom stereocenters. The van der Waals surface area contributed by atoms with Gasteiger partial charge in [-0.05, 0) is 62.2 Å². The lowest BCUT2D eigenvalue weighted by Crippen LogP contribution is -2.67. The van der Waals surface area contributed by atoms with Gasteiger partial charge in [-0.15, -0.1) is 0 Å². The molecule has 128 valence electrons. The van der Waals surface area contributed by atoms with E-state index in [4.69, 9.17) is 0 Å². The summed E-state index contributed by atoms with van der Waals surface area (Å²) in [7, 11) is 0. The summed E-state index contributed by atoms with van der Waals surface area (Å²) >= 11 is 0. The maximum atomic E-state index is 12.3. The van der Waals surface area contributed by atoms with Crippen LogP contribution in [-0.2, 0) is 4.79 Å². The summed E-state index contributed by atoms with van der Waals surface area (Å²) in [6.45, 7) is 20.9.